The minimum Gasteiger partial charge on any atom is -0.376 e. The Hall–Kier alpha value is -1.66. The van der Waals surface area contributed by atoms with Gasteiger partial charge in [-0.25, -0.2) is 0 Å². The molecule has 1 fully saturated rings. The van der Waals surface area contributed by atoms with Crippen LogP contribution < -0.4 is 10.9 Å². The van der Waals surface area contributed by atoms with Gasteiger partial charge in [-0.05, 0) is 38.7 Å². The van der Waals surface area contributed by atoms with Crippen LogP contribution in [-0.2, 0) is 20.8 Å². The summed E-state index contributed by atoms with van der Waals surface area (Å²) in [7, 11) is 0. The highest BCUT2D eigenvalue weighted by atomic mass is 16.5. The molecule has 0 aromatic carbocycles. The number of pyridine rings is 1. The molecule has 0 radical (unpaired) electrons. The number of amides is 1. The van der Waals surface area contributed by atoms with Gasteiger partial charge in [0, 0.05) is 32.0 Å². The lowest BCUT2D eigenvalue weighted by atomic mass is 10.2. The monoisotopic (exact) mass is 322 g/mol. The van der Waals surface area contributed by atoms with Crippen LogP contribution in [0.25, 0.3) is 0 Å². The van der Waals surface area contributed by atoms with Crippen molar-refractivity contribution < 1.29 is 14.3 Å². The van der Waals surface area contributed by atoms with Gasteiger partial charge in [0.05, 0.1) is 12.7 Å². The number of ether oxygens (including phenoxy) is 2. The van der Waals surface area contributed by atoms with Crippen LogP contribution in [0.4, 0.5) is 0 Å². The normalized spacial score (nSPS) is 18.7. The highest BCUT2D eigenvalue weighted by Gasteiger charge is 2.19. The minimum atomic E-state index is -0.462. The molecular weight excluding hydrogens is 296 g/mol. The van der Waals surface area contributed by atoms with E-state index in [1.807, 2.05) is 6.07 Å². The molecule has 1 aromatic rings. The van der Waals surface area contributed by atoms with Crippen molar-refractivity contribution >= 4 is 5.91 Å². The second kappa shape index (κ2) is 9.47. The number of carbonyl (C=O) groups excluding carboxylic acids is 1. The molecule has 23 heavy (non-hydrogen) atoms. The van der Waals surface area contributed by atoms with Crippen molar-refractivity contribution in [3.8, 4) is 0 Å². The number of nitrogens with one attached hydrogen (secondary N) is 1. The van der Waals surface area contributed by atoms with Gasteiger partial charge in [-0.15, -0.1) is 0 Å². The fourth-order valence-corrected chi connectivity index (χ4v) is 2.51. The summed E-state index contributed by atoms with van der Waals surface area (Å²) < 4.78 is 12.7. The lowest BCUT2D eigenvalue weighted by Gasteiger charge is -2.16. The number of hydrogen-bond acceptors (Lipinski definition) is 4. The molecule has 0 saturated carbocycles. The summed E-state index contributed by atoms with van der Waals surface area (Å²) in [6.07, 6.45) is 5.19. The summed E-state index contributed by atoms with van der Waals surface area (Å²) in [6, 6.07) is 5.13. The van der Waals surface area contributed by atoms with Gasteiger partial charge in [-0.2, -0.15) is 0 Å². The molecule has 2 heterocycles. The van der Waals surface area contributed by atoms with Crippen molar-refractivity contribution in [3.05, 3.63) is 34.7 Å². The zero-order valence-electron chi connectivity index (χ0n) is 13.7. The zero-order valence-corrected chi connectivity index (χ0v) is 13.7. The molecule has 0 spiro atoms. The third kappa shape index (κ3) is 6.15. The molecule has 1 N–H and O–H groups in total. The van der Waals surface area contributed by atoms with E-state index in [1.54, 1.807) is 29.8 Å². The van der Waals surface area contributed by atoms with Gasteiger partial charge >= 0.3 is 0 Å². The van der Waals surface area contributed by atoms with Gasteiger partial charge in [0.15, 0.2) is 0 Å². The Morgan fingerprint density at radius 3 is 3.09 bits per heavy atom. The Labute approximate surface area is 136 Å². The average Bonchev–Trinajstić information content (AvgIpc) is 3.07. The molecular formula is C17H26N2O4. The highest BCUT2D eigenvalue weighted by Crippen LogP contribution is 2.12. The fourth-order valence-electron chi connectivity index (χ4n) is 2.51. The molecule has 1 aliphatic rings. The van der Waals surface area contributed by atoms with Crippen LogP contribution in [-0.4, -0.2) is 42.4 Å². The van der Waals surface area contributed by atoms with E-state index in [9.17, 15) is 9.59 Å². The number of rotatable bonds is 9. The molecule has 2 rings (SSSR count). The van der Waals surface area contributed by atoms with E-state index in [2.05, 4.69) is 5.32 Å². The summed E-state index contributed by atoms with van der Waals surface area (Å²) in [5, 5.41) is 2.87. The first-order valence-electron chi connectivity index (χ1n) is 8.33. The van der Waals surface area contributed by atoms with E-state index < -0.39 is 6.10 Å². The number of aromatic nitrogens is 1. The predicted octanol–water partition coefficient (Wildman–Crippen LogP) is 1.33. The predicted molar refractivity (Wildman–Crippen MR) is 87.3 cm³/mol. The minimum absolute atomic E-state index is 0.00712. The van der Waals surface area contributed by atoms with Crippen molar-refractivity contribution in [3.63, 3.8) is 0 Å². The lowest BCUT2D eigenvalue weighted by molar-refractivity contribution is -0.133. The summed E-state index contributed by atoms with van der Waals surface area (Å²) in [5.41, 5.74) is 0.00712. The van der Waals surface area contributed by atoms with Crippen molar-refractivity contribution in [2.24, 2.45) is 0 Å². The van der Waals surface area contributed by atoms with E-state index in [0.717, 1.165) is 32.3 Å². The van der Waals surface area contributed by atoms with E-state index in [4.69, 9.17) is 9.47 Å². The molecule has 1 saturated heterocycles. The third-order valence-electron chi connectivity index (χ3n) is 3.95. The molecule has 1 aromatic heterocycles. The van der Waals surface area contributed by atoms with E-state index in [-0.39, 0.29) is 17.6 Å². The number of unbranched alkanes of at least 4 members (excludes halogenated alkanes) is 1. The smallest absolute Gasteiger partial charge is 0.250 e. The van der Waals surface area contributed by atoms with E-state index >= 15 is 0 Å². The summed E-state index contributed by atoms with van der Waals surface area (Å²) in [5.74, 6) is -0.0973. The summed E-state index contributed by atoms with van der Waals surface area (Å²) >= 11 is 0. The Morgan fingerprint density at radius 2 is 2.35 bits per heavy atom. The van der Waals surface area contributed by atoms with E-state index in [0.29, 0.717) is 19.7 Å². The zero-order chi connectivity index (χ0) is 16.5. The molecule has 6 heteroatoms. The molecule has 1 amide bonds. The second-order valence-electron chi connectivity index (χ2n) is 5.84. The van der Waals surface area contributed by atoms with Crippen molar-refractivity contribution in [1.29, 1.82) is 0 Å². The van der Waals surface area contributed by atoms with Crippen LogP contribution >= 0.6 is 0 Å². The first kappa shape index (κ1) is 17.7. The second-order valence-corrected chi connectivity index (χ2v) is 5.84. The number of aryl methyl sites for hydroxylation is 1. The Bertz CT molecular complexity index is 537. The summed E-state index contributed by atoms with van der Waals surface area (Å²) in [4.78, 5) is 23.4. The van der Waals surface area contributed by atoms with Gasteiger partial charge in [0.25, 0.3) is 0 Å². The average molecular weight is 322 g/mol. The van der Waals surface area contributed by atoms with Gasteiger partial charge < -0.3 is 19.4 Å². The Morgan fingerprint density at radius 1 is 1.48 bits per heavy atom. The molecule has 2 atom stereocenters. The van der Waals surface area contributed by atoms with Crippen LogP contribution in [0.3, 0.4) is 0 Å². The standard InChI is InChI=1S/C17H26N2O4/c1-14(23-13-15-7-6-12-22-15)17(21)18-9-3-5-11-19-10-4-2-8-16(19)20/h2,4,8,10,14-15H,3,5-7,9,11-13H2,1H3,(H,18,21). The first-order valence-corrected chi connectivity index (χ1v) is 8.33. The molecule has 0 bridgehead atoms. The maximum atomic E-state index is 11.9. The highest BCUT2D eigenvalue weighted by molar-refractivity contribution is 5.80. The van der Waals surface area contributed by atoms with Crippen LogP contribution in [0.1, 0.15) is 32.6 Å². The van der Waals surface area contributed by atoms with Gasteiger partial charge in [-0.3, -0.25) is 9.59 Å². The topological polar surface area (TPSA) is 69.6 Å². The maximum Gasteiger partial charge on any atom is 0.250 e. The van der Waals surface area contributed by atoms with Gasteiger partial charge in [0.1, 0.15) is 6.10 Å². The molecule has 1 aliphatic heterocycles. The lowest BCUT2D eigenvalue weighted by Crippen LogP contribution is -2.36. The van der Waals surface area contributed by atoms with Crippen molar-refractivity contribution in [2.45, 2.75) is 51.4 Å². The first-order chi connectivity index (χ1) is 11.2. The number of hydrogen-bond donors (Lipinski definition) is 1. The van der Waals surface area contributed by atoms with Crippen LogP contribution in [0, 0.1) is 0 Å². The number of carbonyl (C=O) groups is 1. The Kier molecular flexibility index (Phi) is 7.29. The van der Waals surface area contributed by atoms with Gasteiger partial charge in [0.2, 0.25) is 11.5 Å². The fraction of sp³-hybridized carbons (Fsp3) is 0.647. The maximum absolute atomic E-state index is 11.9. The molecule has 2 unspecified atom stereocenters. The van der Waals surface area contributed by atoms with Crippen LogP contribution in [0.2, 0.25) is 0 Å². The van der Waals surface area contributed by atoms with Gasteiger partial charge in [-0.1, -0.05) is 6.07 Å². The third-order valence-corrected chi connectivity index (χ3v) is 3.95. The molecule has 0 aliphatic carbocycles. The van der Waals surface area contributed by atoms with Crippen molar-refractivity contribution in [1.82, 2.24) is 9.88 Å². The summed E-state index contributed by atoms with van der Waals surface area (Å²) in [6.45, 7) is 4.28. The number of nitrogens with zero attached hydrogens (tertiary/aromatic N) is 1. The van der Waals surface area contributed by atoms with Crippen LogP contribution in [0.15, 0.2) is 29.2 Å². The van der Waals surface area contributed by atoms with Crippen molar-refractivity contribution in [2.75, 3.05) is 19.8 Å². The molecule has 128 valence electrons. The quantitative estimate of drug-likeness (QED) is 0.696. The van der Waals surface area contributed by atoms with Crippen LogP contribution in [0.5, 0.6) is 0 Å². The Balaban J connectivity index is 1.55. The van der Waals surface area contributed by atoms with E-state index in [1.165, 1.54) is 0 Å². The SMILES string of the molecule is CC(OCC1CCCO1)C(=O)NCCCCn1ccccc1=O. The largest absolute Gasteiger partial charge is 0.376 e. The molecule has 6 nitrogen and oxygen atoms in total.